The fraction of sp³-hybridized carbons (Fsp3) is 0.500. The molecule has 1 aromatic carbocycles. The average Bonchev–Trinajstić information content (AvgIpc) is 3.06. The van der Waals surface area contributed by atoms with Crippen LogP contribution < -0.4 is 5.32 Å². The number of methoxy groups -OCH3 is 1. The summed E-state index contributed by atoms with van der Waals surface area (Å²) in [6.45, 7) is 11.5. The molecule has 6 nitrogen and oxygen atoms in total. The molecule has 174 valence electrons. The molecule has 0 heterocycles. The number of ether oxygens (including phenoxy) is 1. The Balaban J connectivity index is 0. The van der Waals surface area contributed by atoms with Gasteiger partial charge in [-0.05, 0) is 49.8 Å². The molecule has 0 saturated carbocycles. The van der Waals surface area contributed by atoms with Crippen LogP contribution in [0.4, 0.5) is 5.69 Å². The molecule has 2 rings (SSSR count). The second-order valence-electron chi connectivity index (χ2n) is 5.89. The molecule has 0 bridgehead atoms. The molecule has 0 saturated heterocycles. The van der Waals surface area contributed by atoms with E-state index in [0.29, 0.717) is 0 Å². The lowest BCUT2D eigenvalue weighted by atomic mass is 10.00. The number of halogens is 1. The summed E-state index contributed by atoms with van der Waals surface area (Å²) in [6.07, 6.45) is 7.48. The number of rotatable bonds is 5. The molecule has 31 heavy (non-hydrogen) atoms. The van der Waals surface area contributed by atoms with E-state index < -0.39 is 0 Å². The zero-order valence-electron chi connectivity index (χ0n) is 20.5. The first kappa shape index (κ1) is 30.9. The lowest BCUT2D eigenvalue weighted by molar-refractivity contribution is -0.119. The van der Waals surface area contributed by atoms with Gasteiger partial charge in [0, 0.05) is 35.1 Å². The van der Waals surface area contributed by atoms with E-state index in [4.69, 9.17) is 4.74 Å². The summed E-state index contributed by atoms with van der Waals surface area (Å²) in [5.74, 6) is 1.26. The fourth-order valence-corrected chi connectivity index (χ4v) is 2.84. The molecule has 7 heteroatoms. The molecule has 1 aliphatic rings. The van der Waals surface area contributed by atoms with E-state index in [9.17, 15) is 4.79 Å². The highest BCUT2D eigenvalue weighted by Gasteiger charge is 2.13. The number of hydrogen-bond donors (Lipinski definition) is 1. The number of anilines is 1. The molecular formula is C24H39BrN4O2. The van der Waals surface area contributed by atoms with Gasteiger partial charge in [-0.3, -0.25) is 4.79 Å². The van der Waals surface area contributed by atoms with Crippen LogP contribution in [0.2, 0.25) is 0 Å². The van der Waals surface area contributed by atoms with Crippen LogP contribution in [0.1, 0.15) is 59.9 Å². The molecule has 0 aromatic heterocycles. The zero-order valence-corrected chi connectivity index (χ0v) is 22.1. The van der Waals surface area contributed by atoms with Crippen molar-refractivity contribution in [1.82, 2.24) is 0 Å². The van der Waals surface area contributed by atoms with Crippen molar-refractivity contribution in [1.29, 1.82) is 0 Å². The molecule has 0 radical (unpaired) electrons. The van der Waals surface area contributed by atoms with E-state index in [0.717, 1.165) is 40.0 Å². The topological polar surface area (TPSA) is 75.4 Å². The van der Waals surface area contributed by atoms with E-state index in [2.05, 4.69) is 36.7 Å². The zero-order chi connectivity index (χ0) is 24.2. The lowest BCUT2D eigenvalue weighted by Crippen LogP contribution is -2.07. The van der Waals surface area contributed by atoms with E-state index in [-0.39, 0.29) is 11.7 Å². The molecule has 1 aromatic rings. The minimum atomic E-state index is 0.0777. The van der Waals surface area contributed by atoms with E-state index in [1.807, 2.05) is 78.1 Å². The number of nitrogens with zero attached hydrogens (tertiary/aromatic N) is 3. The third-order valence-corrected chi connectivity index (χ3v) is 4.53. The molecule has 0 spiro atoms. The number of carbonyl (C=O) groups excluding carboxylic acids is 1. The van der Waals surface area contributed by atoms with Gasteiger partial charge in [0.1, 0.15) is 5.78 Å². The van der Waals surface area contributed by atoms with Crippen LogP contribution in [0.3, 0.4) is 0 Å². The van der Waals surface area contributed by atoms with Gasteiger partial charge in [-0.2, -0.15) is 5.11 Å². The SMILES string of the molecule is CC.CC.CN=N/N=C(\C)c1cc(Br)ccc1NC.COC1=CC=CC(C(C)=O)CC1. The van der Waals surface area contributed by atoms with Crippen LogP contribution in [0.15, 0.2) is 62.1 Å². The highest BCUT2D eigenvalue weighted by atomic mass is 79.9. The van der Waals surface area contributed by atoms with Gasteiger partial charge in [-0.25, -0.2) is 0 Å². The number of ketones is 1. The van der Waals surface area contributed by atoms with Gasteiger partial charge >= 0.3 is 0 Å². The van der Waals surface area contributed by atoms with Gasteiger partial charge in [0.25, 0.3) is 0 Å². The monoisotopic (exact) mass is 494 g/mol. The molecule has 0 amide bonds. The minimum absolute atomic E-state index is 0.0777. The summed E-state index contributed by atoms with van der Waals surface area (Å²) in [6, 6.07) is 5.96. The van der Waals surface area contributed by atoms with Gasteiger partial charge in [0.05, 0.1) is 25.6 Å². The Morgan fingerprint density at radius 3 is 2.35 bits per heavy atom. The largest absolute Gasteiger partial charge is 0.501 e. The van der Waals surface area contributed by atoms with E-state index in [1.165, 1.54) is 0 Å². The number of carbonyl (C=O) groups is 1. The first-order valence-electron chi connectivity index (χ1n) is 10.7. The Labute approximate surface area is 197 Å². The van der Waals surface area contributed by atoms with Crippen molar-refractivity contribution in [2.24, 2.45) is 21.4 Å². The quantitative estimate of drug-likeness (QED) is 0.262. The van der Waals surface area contributed by atoms with Crippen LogP contribution >= 0.6 is 15.9 Å². The van der Waals surface area contributed by atoms with Gasteiger partial charge in [0.2, 0.25) is 0 Å². The van der Waals surface area contributed by atoms with Crippen molar-refractivity contribution >= 4 is 33.1 Å². The predicted molar refractivity (Wildman–Crippen MR) is 137 cm³/mol. The average molecular weight is 496 g/mol. The van der Waals surface area contributed by atoms with Crippen LogP contribution in [0, 0.1) is 5.92 Å². The van der Waals surface area contributed by atoms with Crippen molar-refractivity contribution in [3.05, 3.63) is 52.2 Å². The highest BCUT2D eigenvalue weighted by Crippen LogP contribution is 2.21. The Bertz CT molecular complexity index is 756. The second kappa shape index (κ2) is 19.7. The smallest absolute Gasteiger partial charge is 0.136 e. The second-order valence-corrected chi connectivity index (χ2v) is 6.81. The normalized spacial score (nSPS) is 15.1. The molecular weight excluding hydrogens is 456 g/mol. The number of nitrogens with one attached hydrogen (secondary N) is 1. The predicted octanol–water partition coefficient (Wildman–Crippen LogP) is 7.42. The summed E-state index contributed by atoms with van der Waals surface area (Å²) in [5.41, 5.74) is 2.86. The van der Waals surface area contributed by atoms with Gasteiger partial charge in [-0.15, -0.1) is 5.10 Å². The maximum absolute atomic E-state index is 11.0. The summed E-state index contributed by atoms with van der Waals surface area (Å²) in [4.78, 5) is 11.0. The molecule has 1 N–H and O–H groups in total. The summed E-state index contributed by atoms with van der Waals surface area (Å²) in [5, 5.41) is 14.3. The van der Waals surface area contributed by atoms with Crippen LogP contribution in [-0.2, 0) is 9.53 Å². The first-order valence-corrected chi connectivity index (χ1v) is 11.4. The number of Topliss-reactive ketones (excluding diaryl/α,β-unsaturated/α-hetero) is 1. The summed E-state index contributed by atoms with van der Waals surface area (Å²) in [7, 11) is 5.13. The Morgan fingerprint density at radius 2 is 1.84 bits per heavy atom. The fourth-order valence-electron chi connectivity index (χ4n) is 2.48. The van der Waals surface area contributed by atoms with Crippen LogP contribution in [-0.4, -0.2) is 32.7 Å². The van der Waals surface area contributed by atoms with Crippen molar-refractivity contribution in [3.63, 3.8) is 0 Å². The number of hydrogen-bond acceptors (Lipinski definition) is 5. The molecule has 0 fully saturated rings. The third kappa shape index (κ3) is 12.9. The van der Waals surface area contributed by atoms with Gasteiger partial charge in [0.15, 0.2) is 0 Å². The maximum atomic E-state index is 11.0. The first-order chi connectivity index (χ1) is 14.9. The van der Waals surface area contributed by atoms with Crippen LogP contribution in [0.5, 0.6) is 0 Å². The van der Waals surface area contributed by atoms with Crippen molar-refractivity contribution < 1.29 is 9.53 Å². The molecule has 1 unspecified atom stereocenters. The Kier molecular flexibility index (Phi) is 19.6. The third-order valence-electron chi connectivity index (χ3n) is 4.04. The number of allylic oxidation sites excluding steroid dienone is 4. The summed E-state index contributed by atoms with van der Waals surface area (Å²) >= 11 is 3.43. The minimum Gasteiger partial charge on any atom is -0.501 e. The van der Waals surface area contributed by atoms with Crippen molar-refractivity contribution in [2.75, 3.05) is 26.5 Å². The van der Waals surface area contributed by atoms with Gasteiger partial charge in [-0.1, -0.05) is 55.8 Å². The standard InChI is InChI=1S/C10H13BrN4.C10H14O2.2C2H6/c1-7(14-15-13-3)9-6-8(11)4-5-10(9)12-2;1-8(11)9-4-3-5-10(12-2)7-6-9;2*1-2/h4-6,12H,1-3H3;3-5,9H,6-7H2,1-2H3;2*1-2H3/b14-7+,15-13?;;;. The molecule has 0 aliphatic heterocycles. The Morgan fingerprint density at radius 1 is 1.19 bits per heavy atom. The lowest BCUT2D eigenvalue weighted by Gasteiger charge is -2.08. The molecule has 1 aliphatic carbocycles. The van der Waals surface area contributed by atoms with Crippen molar-refractivity contribution in [3.8, 4) is 0 Å². The van der Waals surface area contributed by atoms with Crippen molar-refractivity contribution in [2.45, 2.75) is 54.4 Å². The molecule has 1 atom stereocenters. The van der Waals surface area contributed by atoms with E-state index in [1.54, 1.807) is 21.1 Å². The highest BCUT2D eigenvalue weighted by molar-refractivity contribution is 9.10. The number of benzene rings is 1. The summed E-state index contributed by atoms with van der Waals surface area (Å²) < 4.78 is 6.11. The maximum Gasteiger partial charge on any atom is 0.136 e. The van der Waals surface area contributed by atoms with Crippen LogP contribution in [0.25, 0.3) is 0 Å². The van der Waals surface area contributed by atoms with E-state index >= 15 is 0 Å². The Hall–Kier alpha value is -2.28. The van der Waals surface area contributed by atoms with Gasteiger partial charge < -0.3 is 10.1 Å².